The lowest BCUT2D eigenvalue weighted by Crippen LogP contribution is -2.15. The molecule has 4 aromatic carbocycles. The minimum atomic E-state index is -2.28. The number of halogens is 6. The molecule has 0 bridgehead atoms. The average Bonchev–Trinajstić information content (AvgIpc) is 3.06. The largest absolute Gasteiger partial charge is 0.450 e. The Labute approximate surface area is 334 Å². The molecule has 4 aromatic rings. The van der Waals surface area contributed by atoms with E-state index >= 15 is 0 Å². The number of nitro groups is 2. The fraction of sp³-hybridized carbons (Fsp3) is 0.188. The molecule has 0 saturated heterocycles. The fourth-order valence-electron chi connectivity index (χ4n) is 4.96. The number of nitrogens with one attached hydrogen (secondary N) is 2. The van der Waals surface area contributed by atoms with E-state index in [-0.39, 0.29) is 67.8 Å². The summed E-state index contributed by atoms with van der Waals surface area (Å²) >= 11 is 39.1. The molecule has 0 radical (unpaired) electrons. The van der Waals surface area contributed by atoms with Gasteiger partial charge in [0.15, 0.2) is 0 Å². The summed E-state index contributed by atoms with van der Waals surface area (Å²) in [6.45, 7) is 3.34. The maximum atomic E-state index is 12.4. The van der Waals surface area contributed by atoms with Crippen LogP contribution in [-0.2, 0) is 17.1 Å². The normalized spacial score (nSPS) is 11.5. The number of para-hydroxylation sites is 2. The monoisotopic (exact) mass is 866 g/mol. The lowest BCUT2D eigenvalue weighted by Gasteiger charge is -2.24. The van der Waals surface area contributed by atoms with Gasteiger partial charge in [0.1, 0.15) is 0 Å². The molecular weight excluding hydrogens is 845 g/mol. The summed E-state index contributed by atoms with van der Waals surface area (Å²) in [7, 11) is 1.89. The first-order chi connectivity index (χ1) is 24.5. The second-order valence-corrected chi connectivity index (χ2v) is 16.9. The van der Waals surface area contributed by atoms with Crippen LogP contribution in [0.5, 0.6) is 0 Å². The van der Waals surface area contributed by atoms with Crippen LogP contribution in [0.2, 0.25) is 0 Å². The van der Waals surface area contributed by atoms with Crippen LogP contribution in [0.3, 0.4) is 0 Å². The first-order valence-electron chi connectivity index (χ1n) is 14.7. The number of nitro benzene ring substituents is 2. The number of hydrogen-bond donors (Lipinski definition) is 2. The van der Waals surface area contributed by atoms with Crippen molar-refractivity contribution >= 4 is 126 Å². The van der Waals surface area contributed by atoms with E-state index in [1.54, 1.807) is 38.1 Å². The van der Waals surface area contributed by atoms with Crippen LogP contribution < -0.4 is 10.6 Å². The molecule has 0 unspecified atom stereocenters. The molecule has 52 heavy (non-hydrogen) atoms. The Morgan fingerprint density at radius 1 is 0.635 bits per heavy atom. The fourth-order valence-corrected chi connectivity index (χ4v) is 8.95. The second-order valence-electron chi connectivity index (χ2n) is 10.1. The quantitative estimate of drug-likeness (QED) is 0.0642. The summed E-state index contributed by atoms with van der Waals surface area (Å²) in [5.74, 6) is 0. The van der Waals surface area contributed by atoms with Gasteiger partial charge in [-0.3, -0.25) is 30.9 Å². The molecule has 274 valence electrons. The summed E-state index contributed by atoms with van der Waals surface area (Å²) in [6, 6.07) is 17.4. The zero-order valence-corrected chi connectivity index (χ0v) is 32.8. The Morgan fingerprint density at radius 2 is 0.981 bits per heavy atom. The molecule has 0 saturated carbocycles. The van der Waals surface area contributed by atoms with Crippen molar-refractivity contribution in [1.29, 1.82) is 0 Å². The van der Waals surface area contributed by atoms with Crippen molar-refractivity contribution in [2.75, 3.05) is 23.8 Å². The molecule has 12 nitrogen and oxygen atoms in total. The van der Waals surface area contributed by atoms with E-state index in [0.717, 1.165) is 21.6 Å². The van der Waals surface area contributed by atoms with E-state index in [1.807, 2.05) is 0 Å². The Bertz CT molecular complexity index is 1890. The van der Waals surface area contributed by atoms with Crippen LogP contribution in [-0.4, -0.2) is 35.2 Å². The Hall–Kier alpha value is -3.34. The third kappa shape index (κ3) is 9.79. The van der Waals surface area contributed by atoms with Crippen molar-refractivity contribution in [1.82, 2.24) is 0 Å². The van der Waals surface area contributed by atoms with Crippen molar-refractivity contribution in [3.05, 3.63) is 104 Å². The highest BCUT2D eigenvalue weighted by molar-refractivity contribution is 8.76. The average molecular weight is 869 g/mol. The van der Waals surface area contributed by atoms with Crippen LogP contribution in [0.15, 0.2) is 82.6 Å². The van der Waals surface area contributed by atoms with Crippen LogP contribution in [0.1, 0.15) is 25.0 Å². The maximum absolute atomic E-state index is 12.4. The van der Waals surface area contributed by atoms with E-state index in [0.29, 0.717) is 0 Å². The van der Waals surface area contributed by atoms with Crippen LogP contribution in [0, 0.1) is 20.2 Å². The summed E-state index contributed by atoms with van der Waals surface area (Å²) in [4.78, 5) is 48.6. The highest BCUT2D eigenvalue weighted by Crippen LogP contribution is 2.57. The maximum Gasteiger partial charge on any atom is 0.411 e. The van der Waals surface area contributed by atoms with Crippen molar-refractivity contribution in [3.8, 4) is 22.3 Å². The summed E-state index contributed by atoms with van der Waals surface area (Å²) in [6.07, 6.45) is -1.64. The molecule has 20 heteroatoms. The summed E-state index contributed by atoms with van der Waals surface area (Å²) in [5, 5.41) is 29.8. The highest BCUT2D eigenvalue weighted by atomic mass is 35.6. The van der Waals surface area contributed by atoms with Gasteiger partial charge in [-0.15, -0.1) is 0 Å². The van der Waals surface area contributed by atoms with E-state index in [9.17, 15) is 29.8 Å². The summed E-state index contributed by atoms with van der Waals surface area (Å²) in [5.41, 5.74) is -0.833. The van der Waals surface area contributed by atoms with Gasteiger partial charge in [0, 0.05) is 44.2 Å². The SMILES string of the molecule is CCOC(=O)Nc1ccccc1-c1c([N+](=O)[O-])ccc(SSc2ccc([N+](=O)[O-])c(-c3ccccc3NC(=O)OCC)c2C(Cl)(Cl)Cl)c1C(Cl)(Cl)Cl. The van der Waals surface area contributed by atoms with Crippen molar-refractivity contribution in [3.63, 3.8) is 0 Å². The predicted octanol–water partition coefficient (Wildman–Crippen LogP) is 12.4. The summed E-state index contributed by atoms with van der Waals surface area (Å²) < 4.78 is 5.43. The minimum absolute atomic E-state index is 0.0604. The number of benzene rings is 4. The lowest BCUT2D eigenvalue weighted by atomic mass is 9.96. The van der Waals surface area contributed by atoms with E-state index in [4.69, 9.17) is 79.1 Å². The number of amides is 2. The molecule has 0 aliphatic heterocycles. The predicted molar refractivity (Wildman–Crippen MR) is 209 cm³/mol. The van der Waals surface area contributed by atoms with Gasteiger partial charge in [0.2, 0.25) is 7.59 Å². The molecule has 0 aliphatic rings. The van der Waals surface area contributed by atoms with Gasteiger partial charge in [-0.05, 0) is 38.1 Å². The third-order valence-electron chi connectivity index (χ3n) is 6.89. The van der Waals surface area contributed by atoms with Crippen LogP contribution >= 0.6 is 91.2 Å². The Kier molecular flexibility index (Phi) is 14.1. The van der Waals surface area contributed by atoms with E-state index in [2.05, 4.69) is 10.6 Å². The van der Waals surface area contributed by atoms with E-state index < -0.39 is 41.0 Å². The Balaban J connectivity index is 1.94. The molecule has 0 aliphatic carbocycles. The van der Waals surface area contributed by atoms with Crippen molar-refractivity contribution in [2.24, 2.45) is 0 Å². The van der Waals surface area contributed by atoms with Crippen molar-refractivity contribution < 1.29 is 28.9 Å². The van der Waals surface area contributed by atoms with E-state index in [1.165, 1.54) is 48.5 Å². The van der Waals surface area contributed by atoms with Crippen LogP contribution in [0.4, 0.5) is 32.3 Å². The smallest absolute Gasteiger partial charge is 0.411 e. The topological polar surface area (TPSA) is 163 Å². The number of rotatable bonds is 11. The number of ether oxygens (including phenoxy) is 2. The van der Waals surface area contributed by atoms with Gasteiger partial charge in [-0.25, -0.2) is 9.59 Å². The molecular formula is C32H24Cl6N4O8S2. The number of anilines is 2. The number of carbonyl (C=O) groups is 2. The van der Waals surface area contributed by atoms with Gasteiger partial charge < -0.3 is 9.47 Å². The molecule has 4 rings (SSSR count). The molecule has 0 heterocycles. The molecule has 2 N–H and O–H groups in total. The molecule has 2 amide bonds. The first-order valence-corrected chi connectivity index (χ1v) is 19.1. The molecule has 0 atom stereocenters. The van der Waals surface area contributed by atoms with Gasteiger partial charge in [-0.2, -0.15) is 0 Å². The first kappa shape index (κ1) is 41.4. The van der Waals surface area contributed by atoms with Crippen LogP contribution in [0.25, 0.3) is 22.3 Å². The van der Waals surface area contributed by atoms with Gasteiger partial charge in [0.05, 0.1) is 45.6 Å². The molecule has 0 aromatic heterocycles. The molecule has 0 fully saturated rings. The zero-order valence-electron chi connectivity index (χ0n) is 26.6. The number of hydrogen-bond acceptors (Lipinski definition) is 10. The third-order valence-corrected chi connectivity index (χ3v) is 10.5. The standard InChI is InChI=1S/C32H24Cl6N4O8S2/c1-3-49-29(43)39-19-11-7-5-9-17(19)25-21(41(45)46)13-15-23(27(25)31(33,34)35)51-52-24-16-14-22(42(47)48)26(28(24)32(36,37)38)18-10-6-8-12-20(18)40-30(44)50-4-2/h5-16H,3-4H2,1-2H3,(H,39,43)(H,40,44). The van der Waals surface area contributed by atoms with Gasteiger partial charge in [-0.1, -0.05) is 128 Å². The number of alkyl halides is 6. The second kappa shape index (κ2) is 17.7. The minimum Gasteiger partial charge on any atom is -0.450 e. The Morgan fingerprint density at radius 3 is 1.29 bits per heavy atom. The van der Waals surface area contributed by atoms with Crippen molar-refractivity contribution in [2.45, 2.75) is 31.2 Å². The highest BCUT2D eigenvalue weighted by Gasteiger charge is 2.38. The van der Waals surface area contributed by atoms with Gasteiger partial charge >= 0.3 is 12.2 Å². The lowest BCUT2D eigenvalue weighted by molar-refractivity contribution is -0.384. The molecule has 0 spiro atoms. The number of nitrogens with zero attached hydrogens (tertiary/aromatic N) is 2. The zero-order chi connectivity index (χ0) is 38.4. The number of carbonyl (C=O) groups excluding carboxylic acids is 2. The van der Waals surface area contributed by atoms with Gasteiger partial charge in [0.25, 0.3) is 11.4 Å².